The Balaban J connectivity index is 1.92. The van der Waals surface area contributed by atoms with Gasteiger partial charge in [-0.2, -0.15) is 0 Å². The molecule has 3 heteroatoms. The van der Waals surface area contributed by atoms with Crippen molar-refractivity contribution in [2.75, 3.05) is 6.61 Å². The van der Waals surface area contributed by atoms with Crippen LogP contribution in [-0.2, 0) is 6.54 Å². The predicted molar refractivity (Wildman–Crippen MR) is 82.6 cm³/mol. The molecule has 0 aliphatic rings. The van der Waals surface area contributed by atoms with E-state index in [4.69, 9.17) is 17.0 Å². The van der Waals surface area contributed by atoms with E-state index in [1.807, 2.05) is 49.4 Å². The molecule has 1 N–H and O–H groups in total. The van der Waals surface area contributed by atoms with Crippen molar-refractivity contribution in [2.24, 2.45) is 0 Å². The third kappa shape index (κ3) is 4.07. The van der Waals surface area contributed by atoms with Crippen molar-refractivity contribution in [2.45, 2.75) is 13.5 Å². The number of thiocarbonyl (C=S) groups is 1. The van der Waals surface area contributed by atoms with E-state index >= 15 is 0 Å². The van der Waals surface area contributed by atoms with E-state index in [2.05, 4.69) is 17.4 Å². The Labute approximate surface area is 119 Å². The fourth-order valence-electron chi connectivity index (χ4n) is 1.75. The van der Waals surface area contributed by atoms with E-state index in [0.29, 0.717) is 6.61 Å². The lowest BCUT2D eigenvalue weighted by Crippen LogP contribution is -2.21. The van der Waals surface area contributed by atoms with Crippen LogP contribution in [0.3, 0.4) is 0 Å². The van der Waals surface area contributed by atoms with Gasteiger partial charge in [0.1, 0.15) is 10.7 Å². The Morgan fingerprint density at radius 1 is 1.05 bits per heavy atom. The second-order valence-electron chi connectivity index (χ2n) is 4.13. The Morgan fingerprint density at radius 2 is 1.74 bits per heavy atom. The van der Waals surface area contributed by atoms with Crippen molar-refractivity contribution in [3.05, 3.63) is 65.7 Å². The number of hydrogen-bond donors (Lipinski definition) is 1. The molecule has 0 aliphatic heterocycles. The van der Waals surface area contributed by atoms with Crippen LogP contribution < -0.4 is 10.1 Å². The molecule has 0 spiro atoms. The minimum atomic E-state index is 0.677. The van der Waals surface area contributed by atoms with E-state index in [9.17, 15) is 0 Å². The molecule has 2 aromatic rings. The zero-order chi connectivity index (χ0) is 13.5. The first-order chi connectivity index (χ1) is 9.29. The fourth-order valence-corrected chi connectivity index (χ4v) is 1.96. The van der Waals surface area contributed by atoms with Gasteiger partial charge in [0.2, 0.25) is 0 Å². The number of nitrogens with one attached hydrogen (secondary N) is 1. The molecule has 0 fully saturated rings. The molecule has 0 amide bonds. The van der Waals surface area contributed by atoms with Crippen LogP contribution in [0.2, 0.25) is 0 Å². The molecule has 0 saturated heterocycles. The maximum Gasteiger partial charge on any atom is 0.119 e. The molecule has 19 heavy (non-hydrogen) atoms. The maximum atomic E-state index is 5.41. The largest absolute Gasteiger partial charge is 0.494 e. The SMILES string of the molecule is CCOc1ccc(C(=S)NCc2ccccc2)cc1. The minimum Gasteiger partial charge on any atom is -0.494 e. The van der Waals surface area contributed by atoms with Crippen LogP contribution in [0, 0.1) is 0 Å². The van der Waals surface area contributed by atoms with Gasteiger partial charge in [0.05, 0.1) is 6.61 Å². The highest BCUT2D eigenvalue weighted by atomic mass is 32.1. The van der Waals surface area contributed by atoms with Gasteiger partial charge in [-0.15, -0.1) is 0 Å². The van der Waals surface area contributed by atoms with Gasteiger partial charge in [-0.1, -0.05) is 42.5 Å². The number of rotatable bonds is 5. The Hall–Kier alpha value is -1.87. The molecule has 98 valence electrons. The summed E-state index contributed by atoms with van der Waals surface area (Å²) in [6, 6.07) is 18.0. The summed E-state index contributed by atoms with van der Waals surface area (Å²) < 4.78 is 5.41. The van der Waals surface area contributed by atoms with Gasteiger partial charge in [0, 0.05) is 12.1 Å². The minimum absolute atomic E-state index is 0.677. The van der Waals surface area contributed by atoms with Crippen molar-refractivity contribution in [1.29, 1.82) is 0 Å². The van der Waals surface area contributed by atoms with Crippen molar-refractivity contribution in [3.8, 4) is 5.75 Å². The molecular formula is C16H17NOS. The highest BCUT2D eigenvalue weighted by molar-refractivity contribution is 7.80. The predicted octanol–water partition coefficient (Wildman–Crippen LogP) is 3.55. The number of hydrogen-bond acceptors (Lipinski definition) is 2. The summed E-state index contributed by atoms with van der Waals surface area (Å²) in [7, 11) is 0. The van der Waals surface area contributed by atoms with Crippen LogP contribution in [0.25, 0.3) is 0 Å². The zero-order valence-electron chi connectivity index (χ0n) is 10.9. The summed E-state index contributed by atoms with van der Waals surface area (Å²) in [5.41, 5.74) is 2.23. The second kappa shape index (κ2) is 6.90. The molecule has 0 unspecified atom stereocenters. The monoisotopic (exact) mass is 271 g/mol. The lowest BCUT2D eigenvalue weighted by Gasteiger charge is -2.09. The Bertz CT molecular complexity index is 522. The average Bonchev–Trinajstić information content (AvgIpc) is 2.47. The zero-order valence-corrected chi connectivity index (χ0v) is 11.7. The van der Waals surface area contributed by atoms with Crippen LogP contribution in [0.15, 0.2) is 54.6 Å². The van der Waals surface area contributed by atoms with Gasteiger partial charge < -0.3 is 10.1 Å². The molecule has 0 heterocycles. The number of benzene rings is 2. The van der Waals surface area contributed by atoms with Crippen LogP contribution >= 0.6 is 12.2 Å². The van der Waals surface area contributed by atoms with Gasteiger partial charge >= 0.3 is 0 Å². The van der Waals surface area contributed by atoms with E-state index in [1.165, 1.54) is 5.56 Å². The molecule has 0 aromatic heterocycles. The lowest BCUT2D eigenvalue weighted by molar-refractivity contribution is 0.340. The summed E-state index contributed by atoms with van der Waals surface area (Å²) in [5.74, 6) is 0.872. The van der Waals surface area contributed by atoms with Crippen LogP contribution in [0.1, 0.15) is 18.1 Å². The van der Waals surface area contributed by atoms with Crippen LogP contribution in [0.5, 0.6) is 5.75 Å². The molecule has 0 atom stereocenters. The van der Waals surface area contributed by atoms with Crippen molar-refractivity contribution in [1.82, 2.24) is 5.32 Å². The van der Waals surface area contributed by atoms with Crippen molar-refractivity contribution in [3.63, 3.8) is 0 Å². The number of ether oxygens (including phenoxy) is 1. The van der Waals surface area contributed by atoms with Crippen LogP contribution in [0.4, 0.5) is 0 Å². The molecule has 0 radical (unpaired) electrons. The maximum absolute atomic E-state index is 5.41. The van der Waals surface area contributed by atoms with Crippen LogP contribution in [-0.4, -0.2) is 11.6 Å². The van der Waals surface area contributed by atoms with E-state index < -0.39 is 0 Å². The normalized spacial score (nSPS) is 9.95. The first-order valence-corrected chi connectivity index (χ1v) is 6.75. The van der Waals surface area contributed by atoms with E-state index in [-0.39, 0.29) is 0 Å². The molecule has 0 saturated carbocycles. The molecule has 2 rings (SSSR count). The summed E-state index contributed by atoms with van der Waals surface area (Å²) in [6.45, 7) is 3.39. The molecule has 0 bridgehead atoms. The third-order valence-corrected chi connectivity index (χ3v) is 3.10. The van der Waals surface area contributed by atoms with Gasteiger partial charge in [0.15, 0.2) is 0 Å². The van der Waals surface area contributed by atoms with Gasteiger partial charge in [-0.05, 0) is 36.8 Å². The highest BCUT2D eigenvalue weighted by Gasteiger charge is 2.01. The lowest BCUT2D eigenvalue weighted by atomic mass is 10.2. The van der Waals surface area contributed by atoms with E-state index in [1.54, 1.807) is 0 Å². The van der Waals surface area contributed by atoms with Gasteiger partial charge in [-0.3, -0.25) is 0 Å². The summed E-state index contributed by atoms with van der Waals surface area (Å²) >= 11 is 5.38. The first kappa shape index (κ1) is 13.6. The Morgan fingerprint density at radius 3 is 2.37 bits per heavy atom. The van der Waals surface area contributed by atoms with Gasteiger partial charge in [-0.25, -0.2) is 0 Å². The summed E-state index contributed by atoms with van der Waals surface area (Å²) in [5, 5.41) is 3.26. The average molecular weight is 271 g/mol. The third-order valence-electron chi connectivity index (χ3n) is 2.72. The molecule has 2 nitrogen and oxygen atoms in total. The molecule has 2 aromatic carbocycles. The smallest absolute Gasteiger partial charge is 0.119 e. The Kier molecular flexibility index (Phi) is 4.93. The standard InChI is InChI=1S/C16H17NOS/c1-2-18-15-10-8-14(9-11-15)16(19)17-12-13-6-4-3-5-7-13/h3-11H,2,12H2,1H3,(H,17,19). The van der Waals surface area contributed by atoms with Crippen molar-refractivity contribution < 1.29 is 4.74 Å². The topological polar surface area (TPSA) is 21.3 Å². The van der Waals surface area contributed by atoms with Gasteiger partial charge in [0.25, 0.3) is 0 Å². The summed E-state index contributed by atoms with van der Waals surface area (Å²) in [6.07, 6.45) is 0. The van der Waals surface area contributed by atoms with E-state index in [0.717, 1.165) is 22.8 Å². The first-order valence-electron chi connectivity index (χ1n) is 6.34. The summed E-state index contributed by atoms with van der Waals surface area (Å²) in [4.78, 5) is 0.756. The quantitative estimate of drug-likeness (QED) is 0.840. The highest BCUT2D eigenvalue weighted by Crippen LogP contribution is 2.12. The molecule has 0 aliphatic carbocycles. The fraction of sp³-hybridized carbons (Fsp3) is 0.188. The molecular weight excluding hydrogens is 254 g/mol. The second-order valence-corrected chi connectivity index (χ2v) is 4.53. The van der Waals surface area contributed by atoms with Crippen molar-refractivity contribution >= 4 is 17.2 Å².